The Morgan fingerprint density at radius 1 is 1.12 bits per heavy atom. The number of rotatable bonds is 5. The molecule has 2 aromatic carbocycles. The molecule has 138 valence electrons. The van der Waals surface area contributed by atoms with E-state index in [-0.39, 0.29) is 10.8 Å². The zero-order valence-corrected chi connectivity index (χ0v) is 16.0. The maximum Gasteiger partial charge on any atom is 0.255 e. The first-order chi connectivity index (χ1) is 12.5. The SMILES string of the molecule is CSc1cccc(NC(=O)c2cccc(S(=O)(=O)N3CCOCC3)c2)c1. The maximum absolute atomic E-state index is 12.7. The summed E-state index contributed by atoms with van der Waals surface area (Å²) in [5.41, 5.74) is 0.970. The van der Waals surface area contributed by atoms with E-state index >= 15 is 0 Å². The van der Waals surface area contributed by atoms with E-state index in [0.29, 0.717) is 37.6 Å². The third-order valence-corrected chi connectivity index (χ3v) is 6.65. The van der Waals surface area contributed by atoms with Crippen molar-refractivity contribution >= 4 is 33.4 Å². The van der Waals surface area contributed by atoms with Gasteiger partial charge in [-0.1, -0.05) is 12.1 Å². The average molecular weight is 393 g/mol. The molecule has 1 fully saturated rings. The van der Waals surface area contributed by atoms with E-state index in [9.17, 15) is 13.2 Å². The van der Waals surface area contributed by atoms with Gasteiger partial charge in [0.2, 0.25) is 10.0 Å². The van der Waals surface area contributed by atoms with E-state index in [2.05, 4.69) is 5.32 Å². The highest BCUT2D eigenvalue weighted by Gasteiger charge is 2.26. The summed E-state index contributed by atoms with van der Waals surface area (Å²) in [6.07, 6.45) is 1.96. The number of nitrogens with zero attached hydrogens (tertiary/aromatic N) is 1. The predicted octanol–water partition coefficient (Wildman–Crippen LogP) is 2.68. The van der Waals surface area contributed by atoms with Crippen molar-refractivity contribution in [3.63, 3.8) is 0 Å². The molecule has 0 saturated carbocycles. The van der Waals surface area contributed by atoms with E-state index in [4.69, 9.17) is 4.74 Å². The Kier molecular flexibility index (Phi) is 5.98. The Morgan fingerprint density at radius 3 is 2.58 bits per heavy atom. The van der Waals surface area contributed by atoms with Crippen molar-refractivity contribution in [1.29, 1.82) is 0 Å². The van der Waals surface area contributed by atoms with Gasteiger partial charge in [-0.3, -0.25) is 4.79 Å². The number of carbonyl (C=O) groups is 1. The van der Waals surface area contributed by atoms with Crippen LogP contribution in [0.4, 0.5) is 5.69 Å². The molecule has 1 aliphatic rings. The van der Waals surface area contributed by atoms with Crippen LogP contribution in [0.1, 0.15) is 10.4 Å². The molecule has 6 nitrogen and oxygen atoms in total. The fraction of sp³-hybridized carbons (Fsp3) is 0.278. The fourth-order valence-corrected chi connectivity index (χ4v) is 4.55. The topological polar surface area (TPSA) is 75.7 Å². The molecule has 0 aromatic heterocycles. The van der Waals surface area contributed by atoms with Gasteiger partial charge >= 0.3 is 0 Å². The molecule has 8 heteroatoms. The molecular formula is C18H20N2O4S2. The molecule has 1 aliphatic heterocycles. The normalized spacial score (nSPS) is 15.6. The predicted molar refractivity (Wildman–Crippen MR) is 102 cm³/mol. The molecular weight excluding hydrogens is 372 g/mol. The lowest BCUT2D eigenvalue weighted by molar-refractivity contribution is 0.0730. The number of nitrogens with one attached hydrogen (secondary N) is 1. The van der Waals surface area contributed by atoms with Crippen LogP contribution in [-0.2, 0) is 14.8 Å². The molecule has 0 radical (unpaired) electrons. The lowest BCUT2D eigenvalue weighted by atomic mass is 10.2. The second-order valence-electron chi connectivity index (χ2n) is 5.73. The summed E-state index contributed by atoms with van der Waals surface area (Å²) in [6, 6.07) is 13.6. The van der Waals surface area contributed by atoms with Crippen molar-refractivity contribution in [2.24, 2.45) is 0 Å². The summed E-state index contributed by atoms with van der Waals surface area (Å²) in [4.78, 5) is 13.7. The molecule has 1 N–H and O–H groups in total. The highest BCUT2D eigenvalue weighted by molar-refractivity contribution is 7.98. The molecule has 0 unspecified atom stereocenters. The quantitative estimate of drug-likeness (QED) is 0.792. The van der Waals surface area contributed by atoms with E-state index in [0.717, 1.165) is 4.90 Å². The van der Waals surface area contributed by atoms with E-state index in [1.54, 1.807) is 30.0 Å². The lowest BCUT2D eigenvalue weighted by Gasteiger charge is -2.26. The molecule has 0 bridgehead atoms. The van der Waals surface area contributed by atoms with Crippen molar-refractivity contribution < 1.29 is 17.9 Å². The van der Waals surface area contributed by atoms with Crippen molar-refractivity contribution in [1.82, 2.24) is 4.31 Å². The third kappa shape index (κ3) is 4.27. The number of hydrogen-bond acceptors (Lipinski definition) is 5. The van der Waals surface area contributed by atoms with Crippen LogP contribution in [0.2, 0.25) is 0 Å². The Hall–Kier alpha value is -1.87. The van der Waals surface area contributed by atoms with Crippen molar-refractivity contribution in [3.05, 3.63) is 54.1 Å². The number of sulfonamides is 1. The second kappa shape index (κ2) is 8.22. The van der Waals surface area contributed by atoms with Crippen LogP contribution in [0.5, 0.6) is 0 Å². The van der Waals surface area contributed by atoms with E-state index in [1.807, 2.05) is 24.5 Å². The molecule has 0 spiro atoms. The van der Waals surface area contributed by atoms with Gasteiger partial charge in [-0.15, -0.1) is 11.8 Å². The largest absolute Gasteiger partial charge is 0.379 e. The van der Waals surface area contributed by atoms with Gasteiger partial charge in [-0.25, -0.2) is 8.42 Å². The van der Waals surface area contributed by atoms with Gasteiger partial charge in [-0.05, 0) is 42.7 Å². The van der Waals surface area contributed by atoms with Gasteiger partial charge in [-0.2, -0.15) is 4.31 Å². The first kappa shape index (κ1) is 18.9. The number of hydrogen-bond donors (Lipinski definition) is 1. The van der Waals surface area contributed by atoms with Gasteiger partial charge in [0.1, 0.15) is 0 Å². The summed E-state index contributed by atoms with van der Waals surface area (Å²) in [5, 5.41) is 2.81. The monoisotopic (exact) mass is 392 g/mol. The van der Waals surface area contributed by atoms with Gasteiger partial charge in [0.15, 0.2) is 0 Å². The number of carbonyl (C=O) groups excluding carboxylic acids is 1. The van der Waals surface area contributed by atoms with Crippen LogP contribution in [-0.4, -0.2) is 51.2 Å². The van der Waals surface area contributed by atoms with Crippen LogP contribution < -0.4 is 5.32 Å². The minimum Gasteiger partial charge on any atom is -0.379 e. The summed E-state index contributed by atoms with van der Waals surface area (Å²) < 4.78 is 32.1. The van der Waals surface area contributed by atoms with Crippen LogP contribution >= 0.6 is 11.8 Å². The Bertz CT molecular complexity index is 894. The molecule has 1 heterocycles. The summed E-state index contributed by atoms with van der Waals surface area (Å²) in [7, 11) is -3.63. The average Bonchev–Trinajstić information content (AvgIpc) is 2.69. The number of morpholine rings is 1. The molecule has 3 rings (SSSR count). The minimum absolute atomic E-state index is 0.116. The molecule has 0 atom stereocenters. The van der Waals surface area contributed by atoms with Crippen LogP contribution in [0.3, 0.4) is 0 Å². The Labute approximate surface area is 157 Å². The zero-order valence-electron chi connectivity index (χ0n) is 14.3. The smallest absolute Gasteiger partial charge is 0.255 e. The number of anilines is 1. The summed E-state index contributed by atoms with van der Waals surface area (Å²) >= 11 is 1.58. The van der Waals surface area contributed by atoms with Crippen LogP contribution in [0, 0.1) is 0 Å². The van der Waals surface area contributed by atoms with Crippen molar-refractivity contribution in [2.75, 3.05) is 37.9 Å². The Balaban J connectivity index is 1.81. The first-order valence-electron chi connectivity index (χ1n) is 8.14. The highest BCUT2D eigenvalue weighted by Crippen LogP contribution is 2.21. The zero-order chi connectivity index (χ0) is 18.6. The van der Waals surface area contributed by atoms with Crippen LogP contribution in [0.25, 0.3) is 0 Å². The molecule has 26 heavy (non-hydrogen) atoms. The molecule has 1 amide bonds. The van der Waals surface area contributed by atoms with Gasteiger partial charge in [0, 0.05) is 29.2 Å². The third-order valence-electron chi connectivity index (χ3n) is 4.03. The van der Waals surface area contributed by atoms with E-state index < -0.39 is 10.0 Å². The standard InChI is InChI=1S/C18H20N2O4S2/c1-25-16-6-3-5-15(13-16)19-18(21)14-4-2-7-17(12-14)26(22,23)20-8-10-24-11-9-20/h2-7,12-13H,8-11H2,1H3,(H,19,21). The molecule has 2 aromatic rings. The molecule has 0 aliphatic carbocycles. The van der Waals surface area contributed by atoms with Crippen LogP contribution in [0.15, 0.2) is 58.3 Å². The van der Waals surface area contributed by atoms with Gasteiger partial charge in [0.25, 0.3) is 5.91 Å². The minimum atomic E-state index is -3.63. The fourth-order valence-electron chi connectivity index (χ4n) is 2.64. The number of amides is 1. The van der Waals surface area contributed by atoms with E-state index in [1.165, 1.54) is 16.4 Å². The van der Waals surface area contributed by atoms with Crippen molar-refractivity contribution in [3.8, 4) is 0 Å². The van der Waals surface area contributed by atoms with Gasteiger partial charge < -0.3 is 10.1 Å². The summed E-state index contributed by atoms with van der Waals surface area (Å²) in [6.45, 7) is 1.40. The maximum atomic E-state index is 12.7. The highest BCUT2D eigenvalue weighted by atomic mass is 32.2. The lowest BCUT2D eigenvalue weighted by Crippen LogP contribution is -2.40. The number of ether oxygens (including phenoxy) is 1. The Morgan fingerprint density at radius 2 is 1.85 bits per heavy atom. The molecule has 1 saturated heterocycles. The van der Waals surface area contributed by atoms with Gasteiger partial charge in [0.05, 0.1) is 18.1 Å². The second-order valence-corrected chi connectivity index (χ2v) is 8.55. The van der Waals surface area contributed by atoms with Crippen molar-refractivity contribution in [2.45, 2.75) is 9.79 Å². The number of thioether (sulfide) groups is 1. The number of benzene rings is 2. The summed E-state index contributed by atoms with van der Waals surface area (Å²) in [5.74, 6) is -0.345. The first-order valence-corrected chi connectivity index (χ1v) is 10.8.